The number of hydrogen-bond donors (Lipinski definition) is 1. The number of carbonyl (C=O) groups excluding carboxylic acids is 1. The molecule has 31 heavy (non-hydrogen) atoms. The molecule has 3 aromatic rings. The van der Waals surface area contributed by atoms with Gasteiger partial charge in [0.25, 0.3) is 5.91 Å². The summed E-state index contributed by atoms with van der Waals surface area (Å²) < 4.78 is 32.7. The molecule has 1 N–H and O–H groups in total. The number of hydrogen-bond acceptors (Lipinski definition) is 4. The Bertz CT molecular complexity index is 1150. The van der Waals surface area contributed by atoms with Gasteiger partial charge in [-0.3, -0.25) is 4.79 Å². The number of nitrogens with one attached hydrogen (secondary N) is 1. The molecule has 162 valence electrons. The van der Waals surface area contributed by atoms with Gasteiger partial charge in [-0.05, 0) is 61.5 Å². The molecule has 0 aliphatic rings. The van der Waals surface area contributed by atoms with Gasteiger partial charge < -0.3 is 10.1 Å². The lowest BCUT2D eigenvalue weighted by Crippen LogP contribution is -2.27. The number of nitrogens with zero attached hydrogens (tertiary/aromatic N) is 1. The summed E-state index contributed by atoms with van der Waals surface area (Å²) in [6.07, 6.45) is 0. The molecule has 0 bridgehead atoms. The quantitative estimate of drug-likeness (QED) is 0.525. The second-order valence-corrected chi connectivity index (χ2v) is 9.27. The summed E-state index contributed by atoms with van der Waals surface area (Å²) in [6.45, 7) is 2.29. The van der Waals surface area contributed by atoms with E-state index in [4.69, 9.17) is 16.3 Å². The first kappa shape index (κ1) is 22.8. The molecule has 3 aromatic carbocycles. The number of rotatable bonds is 8. The topological polar surface area (TPSA) is 75.7 Å². The van der Waals surface area contributed by atoms with Crippen LogP contribution in [0.1, 0.15) is 22.8 Å². The summed E-state index contributed by atoms with van der Waals surface area (Å²) in [4.78, 5) is 12.8. The van der Waals surface area contributed by atoms with Crippen molar-refractivity contribution in [3.8, 4) is 5.75 Å². The maximum absolute atomic E-state index is 12.9. The van der Waals surface area contributed by atoms with Crippen LogP contribution in [-0.4, -0.2) is 32.3 Å². The van der Waals surface area contributed by atoms with E-state index in [1.807, 2.05) is 25.1 Å². The predicted molar refractivity (Wildman–Crippen MR) is 122 cm³/mol. The number of ether oxygens (including phenoxy) is 1. The van der Waals surface area contributed by atoms with E-state index in [1.54, 1.807) is 30.3 Å². The van der Waals surface area contributed by atoms with E-state index >= 15 is 0 Å². The van der Waals surface area contributed by atoms with Crippen molar-refractivity contribution in [3.63, 3.8) is 0 Å². The number of anilines is 1. The molecule has 0 heterocycles. The van der Waals surface area contributed by atoms with Gasteiger partial charge in [-0.1, -0.05) is 29.8 Å². The summed E-state index contributed by atoms with van der Waals surface area (Å²) in [5, 5.41) is 3.28. The van der Waals surface area contributed by atoms with Crippen molar-refractivity contribution in [2.45, 2.75) is 18.4 Å². The smallest absolute Gasteiger partial charge is 0.255 e. The zero-order valence-electron chi connectivity index (χ0n) is 17.2. The number of sulfonamides is 1. The SMILES string of the molecule is CCOc1ccc(C(=O)Nc2ccccc2)cc1CN(C)S(=O)(=O)c1ccc(Cl)cc1. The number of carbonyl (C=O) groups is 1. The minimum absolute atomic E-state index is 0.0345. The van der Waals surface area contributed by atoms with Crippen molar-refractivity contribution in [1.82, 2.24) is 4.31 Å². The first-order chi connectivity index (χ1) is 14.8. The lowest BCUT2D eigenvalue weighted by Gasteiger charge is -2.20. The standard InChI is InChI=1S/C23H23ClN2O4S/c1-3-30-22-14-9-17(23(27)25-20-7-5-4-6-8-20)15-18(22)16-26(2)31(28,29)21-12-10-19(24)11-13-21/h4-15H,3,16H2,1-2H3,(H,25,27). The number of benzene rings is 3. The van der Waals surface area contributed by atoms with Crippen molar-refractivity contribution in [1.29, 1.82) is 0 Å². The van der Waals surface area contributed by atoms with Gasteiger partial charge in [-0.25, -0.2) is 8.42 Å². The molecule has 0 aliphatic heterocycles. The molecule has 0 saturated heterocycles. The second kappa shape index (κ2) is 9.96. The van der Waals surface area contributed by atoms with Crippen LogP contribution in [0, 0.1) is 0 Å². The summed E-state index contributed by atoms with van der Waals surface area (Å²) in [7, 11) is -2.27. The maximum atomic E-state index is 12.9. The van der Waals surface area contributed by atoms with Crippen molar-refractivity contribution in [2.75, 3.05) is 19.0 Å². The molecule has 0 unspecified atom stereocenters. The molecule has 0 atom stereocenters. The Morgan fingerprint density at radius 1 is 1.03 bits per heavy atom. The number of para-hydroxylation sites is 1. The molecule has 0 aliphatic carbocycles. The van der Waals surface area contributed by atoms with Crippen LogP contribution in [0.5, 0.6) is 5.75 Å². The Morgan fingerprint density at radius 2 is 1.71 bits per heavy atom. The van der Waals surface area contributed by atoms with Crippen LogP contribution in [0.3, 0.4) is 0 Å². The monoisotopic (exact) mass is 458 g/mol. The molecule has 0 spiro atoms. The molecule has 0 saturated carbocycles. The van der Waals surface area contributed by atoms with E-state index < -0.39 is 10.0 Å². The molecule has 0 radical (unpaired) electrons. The zero-order chi connectivity index (χ0) is 22.4. The van der Waals surface area contributed by atoms with Gasteiger partial charge in [0, 0.05) is 35.4 Å². The molecular weight excluding hydrogens is 436 g/mol. The van der Waals surface area contributed by atoms with Crippen molar-refractivity contribution >= 4 is 33.2 Å². The minimum atomic E-state index is -3.75. The van der Waals surface area contributed by atoms with E-state index in [2.05, 4.69) is 5.32 Å². The van der Waals surface area contributed by atoms with E-state index in [9.17, 15) is 13.2 Å². The Balaban J connectivity index is 1.86. The highest BCUT2D eigenvalue weighted by Crippen LogP contribution is 2.25. The molecule has 6 nitrogen and oxygen atoms in total. The molecule has 0 aromatic heterocycles. The third-order valence-electron chi connectivity index (χ3n) is 4.57. The first-order valence-electron chi connectivity index (χ1n) is 9.65. The predicted octanol–water partition coefficient (Wildman–Crippen LogP) is 4.81. The van der Waals surface area contributed by atoms with Crippen LogP contribution in [0.25, 0.3) is 0 Å². The lowest BCUT2D eigenvalue weighted by atomic mass is 10.1. The Hall–Kier alpha value is -2.87. The highest BCUT2D eigenvalue weighted by atomic mass is 35.5. The van der Waals surface area contributed by atoms with Gasteiger partial charge in [-0.15, -0.1) is 0 Å². The van der Waals surface area contributed by atoms with Gasteiger partial charge >= 0.3 is 0 Å². The van der Waals surface area contributed by atoms with Gasteiger partial charge in [0.2, 0.25) is 10.0 Å². The normalized spacial score (nSPS) is 11.4. The molecule has 3 rings (SSSR count). The fourth-order valence-electron chi connectivity index (χ4n) is 2.98. The van der Waals surface area contributed by atoms with Gasteiger partial charge in [-0.2, -0.15) is 4.31 Å². The third-order valence-corrected chi connectivity index (χ3v) is 6.64. The Kier molecular flexibility index (Phi) is 7.33. The minimum Gasteiger partial charge on any atom is -0.494 e. The third kappa shape index (κ3) is 5.64. The van der Waals surface area contributed by atoms with E-state index in [0.717, 1.165) is 0 Å². The van der Waals surface area contributed by atoms with Crippen LogP contribution < -0.4 is 10.1 Å². The van der Waals surface area contributed by atoms with Crippen molar-refractivity contribution in [3.05, 3.63) is 88.9 Å². The van der Waals surface area contributed by atoms with Crippen LogP contribution in [0.15, 0.2) is 77.7 Å². The highest BCUT2D eigenvalue weighted by molar-refractivity contribution is 7.89. The Morgan fingerprint density at radius 3 is 2.35 bits per heavy atom. The van der Waals surface area contributed by atoms with Crippen LogP contribution in [0.4, 0.5) is 5.69 Å². The summed E-state index contributed by atoms with van der Waals surface area (Å²) in [6, 6.07) is 20.1. The van der Waals surface area contributed by atoms with Crippen LogP contribution in [-0.2, 0) is 16.6 Å². The molecule has 0 fully saturated rings. The second-order valence-electron chi connectivity index (χ2n) is 6.79. The molecule has 8 heteroatoms. The fourth-order valence-corrected chi connectivity index (χ4v) is 4.25. The molecule has 1 amide bonds. The average Bonchev–Trinajstić information content (AvgIpc) is 2.76. The molecular formula is C23H23ClN2O4S. The van der Waals surface area contributed by atoms with E-state index in [1.165, 1.54) is 35.6 Å². The largest absolute Gasteiger partial charge is 0.494 e. The first-order valence-corrected chi connectivity index (χ1v) is 11.5. The van der Waals surface area contributed by atoms with E-state index in [-0.39, 0.29) is 17.3 Å². The van der Waals surface area contributed by atoms with Gasteiger partial charge in [0.05, 0.1) is 11.5 Å². The maximum Gasteiger partial charge on any atom is 0.255 e. The van der Waals surface area contributed by atoms with Gasteiger partial charge in [0.1, 0.15) is 5.75 Å². The highest BCUT2D eigenvalue weighted by Gasteiger charge is 2.23. The fraction of sp³-hybridized carbons (Fsp3) is 0.174. The van der Waals surface area contributed by atoms with Crippen molar-refractivity contribution < 1.29 is 17.9 Å². The zero-order valence-corrected chi connectivity index (χ0v) is 18.8. The van der Waals surface area contributed by atoms with Crippen molar-refractivity contribution in [2.24, 2.45) is 0 Å². The number of halogens is 1. The summed E-state index contributed by atoms with van der Waals surface area (Å²) in [5.74, 6) is 0.232. The van der Waals surface area contributed by atoms with E-state index in [0.29, 0.717) is 34.2 Å². The number of amides is 1. The Labute approximate surface area is 187 Å². The van der Waals surface area contributed by atoms with Gasteiger partial charge in [0.15, 0.2) is 0 Å². The lowest BCUT2D eigenvalue weighted by molar-refractivity contribution is 0.102. The van der Waals surface area contributed by atoms with Crippen LogP contribution >= 0.6 is 11.6 Å². The average molecular weight is 459 g/mol. The summed E-state index contributed by atoms with van der Waals surface area (Å²) >= 11 is 5.87. The summed E-state index contributed by atoms with van der Waals surface area (Å²) in [5.41, 5.74) is 1.66. The van der Waals surface area contributed by atoms with Crippen LogP contribution in [0.2, 0.25) is 5.02 Å².